The molecule has 50 heavy (non-hydrogen) atoms. The Balaban J connectivity index is 2.04. The summed E-state index contributed by atoms with van der Waals surface area (Å²) in [5.41, 5.74) is 12.9. The Morgan fingerprint density at radius 3 is 1.40 bits per heavy atom. The highest BCUT2D eigenvalue weighted by atomic mass is 79.9. The first-order chi connectivity index (χ1) is 23.7. The second-order valence-corrected chi connectivity index (χ2v) is 17.5. The minimum Gasteiger partial charge on any atom is -0.508 e. The number of phenols is 4. The topological polar surface area (TPSA) is 186 Å². The van der Waals surface area contributed by atoms with Gasteiger partial charge in [-0.1, -0.05) is 97.6 Å². The average Bonchev–Trinajstić information content (AvgIpc) is 3.02. The summed E-state index contributed by atoms with van der Waals surface area (Å²) in [6.45, 7) is 5.99. The molecule has 10 nitrogen and oxygen atoms in total. The van der Waals surface area contributed by atoms with Crippen molar-refractivity contribution >= 4 is 44.0 Å². The van der Waals surface area contributed by atoms with E-state index in [1.165, 1.54) is 0 Å². The number of carbonyl (C=O) groups is 2. The zero-order valence-corrected chi connectivity index (χ0v) is 32.8. The number of aromatic hydroxyl groups is 4. The second kappa shape index (κ2) is 20.2. The van der Waals surface area contributed by atoms with Crippen molar-refractivity contribution in [2.45, 2.75) is 138 Å². The van der Waals surface area contributed by atoms with Crippen LogP contribution in [0.2, 0.25) is 0 Å². The molecule has 4 aliphatic rings. The third-order valence-electron chi connectivity index (χ3n) is 10.1. The second-order valence-electron chi connectivity index (χ2n) is 14.0. The first-order valence-electron chi connectivity index (χ1n) is 18.0. The number of carbonyl (C=O) groups excluding carboxylic acids is 2. The normalized spacial score (nSPS) is 24.0. The molecular weight excluding hydrogens is 772 g/mol. The van der Waals surface area contributed by atoms with Crippen molar-refractivity contribution in [3.05, 3.63) is 46.5 Å². The molecule has 8 N–H and O–H groups in total. The van der Waals surface area contributed by atoms with E-state index in [0.29, 0.717) is 47.9 Å². The Hall–Kier alpha value is -2.86. The van der Waals surface area contributed by atoms with Gasteiger partial charge in [0.05, 0.1) is 3.74 Å². The summed E-state index contributed by atoms with van der Waals surface area (Å²) in [7, 11) is 0. The summed E-state index contributed by atoms with van der Waals surface area (Å²) in [4.78, 5) is 24.0. The molecule has 6 unspecified atom stereocenters. The molecule has 0 spiro atoms. The van der Waals surface area contributed by atoms with Crippen LogP contribution in [-0.4, -0.2) is 36.3 Å². The lowest BCUT2D eigenvalue weighted by molar-refractivity contribution is 0.0683. The Morgan fingerprint density at radius 1 is 0.700 bits per heavy atom. The van der Waals surface area contributed by atoms with Gasteiger partial charge in [-0.05, 0) is 92.9 Å². The van der Waals surface area contributed by atoms with Crippen LogP contribution in [0.25, 0.3) is 0 Å². The third-order valence-corrected chi connectivity index (χ3v) is 11.0. The molecule has 4 bridgehead atoms. The predicted octanol–water partition coefficient (Wildman–Crippen LogP) is 10.5. The standard InChI is InChI=1S/C38H56Br2N2O8/c1-4-5-13-24-14-8-6-11-22(2)36(50-38(42)48)27-20-30(45)34(31(46)21-27)25(16-10-17-32(39)40)15-9-7-12-23(3)35(49-37(41)47)26-18-28(43)33(24)29(44)19-26/h18-25,32,35-36,43-46H,4-17H2,1-3H3,(H2,41,47)(H2,42,48). The van der Waals surface area contributed by atoms with Gasteiger partial charge in [-0.3, -0.25) is 0 Å². The zero-order valence-electron chi connectivity index (χ0n) is 29.6. The van der Waals surface area contributed by atoms with E-state index in [-0.39, 0.29) is 50.4 Å². The van der Waals surface area contributed by atoms with Crippen LogP contribution >= 0.6 is 31.9 Å². The molecule has 0 heterocycles. The highest BCUT2D eigenvalue weighted by Crippen LogP contribution is 2.46. The van der Waals surface area contributed by atoms with Crippen LogP contribution < -0.4 is 11.5 Å². The van der Waals surface area contributed by atoms with E-state index in [4.69, 9.17) is 20.9 Å². The summed E-state index contributed by atoms with van der Waals surface area (Å²) < 4.78 is 11.3. The smallest absolute Gasteiger partial charge is 0.405 e. The SMILES string of the molecule is CCCCC1CCCCC(C)C(OC(N)=O)c2cc(O)c(c(O)c2)C(CCCC(Br)Br)CCCCC(C)C(OC(N)=O)c2cc(O)c1c(O)c2. The maximum Gasteiger partial charge on any atom is 0.405 e. The number of ether oxygens (including phenoxy) is 2. The summed E-state index contributed by atoms with van der Waals surface area (Å²) in [5, 5.41) is 45.3. The molecule has 0 fully saturated rings. The maximum atomic E-state index is 12.0. The van der Waals surface area contributed by atoms with E-state index in [9.17, 15) is 30.0 Å². The van der Waals surface area contributed by atoms with Gasteiger partial charge in [0.25, 0.3) is 0 Å². The van der Waals surface area contributed by atoms with E-state index in [1.54, 1.807) is 24.3 Å². The number of nitrogens with two attached hydrogens (primary N) is 2. The van der Waals surface area contributed by atoms with Crippen molar-refractivity contribution in [1.82, 2.24) is 0 Å². The van der Waals surface area contributed by atoms with Gasteiger partial charge in [-0.15, -0.1) is 0 Å². The summed E-state index contributed by atoms with van der Waals surface area (Å²) in [5.74, 6) is -0.779. The van der Waals surface area contributed by atoms with Crippen LogP contribution in [0.1, 0.15) is 157 Å². The highest BCUT2D eigenvalue weighted by Gasteiger charge is 2.30. The lowest BCUT2D eigenvalue weighted by atomic mass is 9.83. The molecule has 6 atom stereocenters. The fraction of sp³-hybridized carbons (Fsp3) is 0.632. The Bertz CT molecular complexity index is 1360. The van der Waals surface area contributed by atoms with Gasteiger partial charge in [0.15, 0.2) is 0 Å². The number of benzene rings is 2. The minimum atomic E-state index is -0.935. The van der Waals surface area contributed by atoms with Crippen LogP contribution in [0.15, 0.2) is 24.3 Å². The minimum absolute atomic E-state index is 0.0310. The summed E-state index contributed by atoms with van der Waals surface area (Å²) >= 11 is 7.07. The lowest BCUT2D eigenvalue weighted by Crippen LogP contribution is -2.22. The molecule has 6 rings (SSSR count). The van der Waals surface area contributed by atoms with E-state index < -0.39 is 24.4 Å². The van der Waals surface area contributed by atoms with Gasteiger partial charge in [-0.25, -0.2) is 9.59 Å². The zero-order chi connectivity index (χ0) is 37.0. The van der Waals surface area contributed by atoms with Crippen molar-refractivity contribution in [2.75, 3.05) is 0 Å². The number of hydrogen-bond donors (Lipinski definition) is 6. The highest BCUT2D eigenvalue weighted by molar-refractivity contribution is 9.24. The van der Waals surface area contributed by atoms with Crippen molar-refractivity contribution < 1.29 is 39.5 Å². The lowest BCUT2D eigenvalue weighted by Gasteiger charge is -2.28. The van der Waals surface area contributed by atoms with E-state index in [2.05, 4.69) is 38.8 Å². The number of primary amides is 2. The van der Waals surface area contributed by atoms with Gasteiger partial charge >= 0.3 is 12.2 Å². The molecule has 280 valence electrons. The summed E-state index contributed by atoms with van der Waals surface area (Å²) in [6, 6.07) is 6.34. The van der Waals surface area contributed by atoms with Gasteiger partial charge in [0.2, 0.25) is 0 Å². The van der Waals surface area contributed by atoms with Gasteiger partial charge in [-0.2, -0.15) is 0 Å². The fourth-order valence-corrected chi connectivity index (χ4v) is 8.23. The Kier molecular flexibility index (Phi) is 16.8. The van der Waals surface area contributed by atoms with Crippen LogP contribution in [-0.2, 0) is 9.47 Å². The number of unbranched alkanes of at least 4 members (excludes halogenated alkanes) is 1. The molecule has 0 radical (unpaired) electrons. The first kappa shape index (κ1) is 41.6. The molecule has 12 heteroatoms. The van der Waals surface area contributed by atoms with E-state index in [0.717, 1.165) is 64.2 Å². The van der Waals surface area contributed by atoms with Gasteiger partial charge < -0.3 is 41.4 Å². The molecule has 0 aromatic heterocycles. The number of alkyl halides is 2. The molecule has 0 aliphatic heterocycles. The molecular formula is C38H56Br2N2O8. The number of phenolic OH excluding ortho intramolecular Hbond substituents is 4. The van der Waals surface area contributed by atoms with Crippen LogP contribution in [0.5, 0.6) is 23.0 Å². The number of halogens is 2. The van der Waals surface area contributed by atoms with Crippen LogP contribution in [0, 0.1) is 11.8 Å². The quantitative estimate of drug-likeness (QED) is 0.135. The van der Waals surface area contributed by atoms with Gasteiger partial charge in [0.1, 0.15) is 35.2 Å². The number of hydrogen-bond acceptors (Lipinski definition) is 8. The van der Waals surface area contributed by atoms with Crippen molar-refractivity contribution in [3.8, 4) is 23.0 Å². The molecule has 2 amide bonds. The molecule has 0 saturated heterocycles. The fourth-order valence-electron chi connectivity index (χ4n) is 7.58. The monoisotopic (exact) mass is 826 g/mol. The van der Waals surface area contributed by atoms with Crippen molar-refractivity contribution in [1.29, 1.82) is 0 Å². The van der Waals surface area contributed by atoms with Gasteiger partial charge in [0, 0.05) is 22.3 Å². The van der Waals surface area contributed by atoms with Crippen molar-refractivity contribution in [3.63, 3.8) is 0 Å². The van der Waals surface area contributed by atoms with E-state index in [1.807, 2.05) is 13.8 Å². The van der Waals surface area contributed by atoms with Crippen LogP contribution in [0.3, 0.4) is 0 Å². The molecule has 0 saturated carbocycles. The Morgan fingerprint density at radius 2 is 1.06 bits per heavy atom. The van der Waals surface area contributed by atoms with Crippen LogP contribution in [0.4, 0.5) is 9.59 Å². The average molecular weight is 829 g/mol. The molecule has 2 aromatic rings. The molecule has 2 aromatic carbocycles. The largest absolute Gasteiger partial charge is 0.508 e. The van der Waals surface area contributed by atoms with E-state index >= 15 is 0 Å². The number of rotatable bonds is 9. The third kappa shape index (κ3) is 12.1. The predicted molar refractivity (Wildman–Crippen MR) is 202 cm³/mol. The molecule has 4 aliphatic carbocycles. The maximum absolute atomic E-state index is 12.0. The summed E-state index contributed by atoms with van der Waals surface area (Å²) in [6.07, 6.45) is 7.36. The first-order valence-corrected chi connectivity index (χ1v) is 19.9. The van der Waals surface area contributed by atoms with Crippen molar-refractivity contribution in [2.24, 2.45) is 23.3 Å². The number of amides is 2. The Labute approximate surface area is 313 Å².